The minimum absolute atomic E-state index is 0.0788. The second kappa shape index (κ2) is 7.11. The predicted octanol–water partition coefficient (Wildman–Crippen LogP) is 3.29. The van der Waals surface area contributed by atoms with Gasteiger partial charge in [-0.3, -0.25) is 4.90 Å². The van der Waals surface area contributed by atoms with Crippen molar-refractivity contribution in [2.75, 3.05) is 19.7 Å². The van der Waals surface area contributed by atoms with Gasteiger partial charge in [-0.25, -0.2) is 0 Å². The van der Waals surface area contributed by atoms with E-state index in [0.29, 0.717) is 5.41 Å². The van der Waals surface area contributed by atoms with Crippen LogP contribution in [0.5, 0.6) is 0 Å². The van der Waals surface area contributed by atoms with Gasteiger partial charge >= 0.3 is 0 Å². The molecule has 0 unspecified atom stereocenters. The fraction of sp³-hybridized carbons (Fsp3) is 0.579. The number of hydrogen-bond acceptors (Lipinski definition) is 2. The van der Waals surface area contributed by atoms with Crippen molar-refractivity contribution < 1.29 is 5.11 Å². The number of piperidine rings is 1. The van der Waals surface area contributed by atoms with E-state index in [4.69, 9.17) is 5.11 Å². The Kier molecular flexibility index (Phi) is 5.45. The largest absolute Gasteiger partial charge is 0.384 e. The van der Waals surface area contributed by atoms with Crippen molar-refractivity contribution in [1.29, 1.82) is 0 Å². The number of rotatable bonds is 2. The summed E-state index contributed by atoms with van der Waals surface area (Å²) in [5.74, 6) is 6.53. The van der Waals surface area contributed by atoms with Crippen molar-refractivity contribution in [3.63, 3.8) is 0 Å². The summed E-state index contributed by atoms with van der Waals surface area (Å²) in [4.78, 5) is 2.54. The molecule has 0 saturated carbocycles. The normalized spacial score (nSPS) is 17.3. The van der Waals surface area contributed by atoms with Crippen molar-refractivity contribution in [2.24, 2.45) is 11.3 Å². The summed E-state index contributed by atoms with van der Waals surface area (Å²) in [7, 11) is 0. The minimum atomic E-state index is -0.0788. The van der Waals surface area contributed by atoms with Crippen LogP contribution < -0.4 is 0 Å². The first-order valence-corrected chi connectivity index (χ1v) is 7.90. The van der Waals surface area contributed by atoms with Crippen LogP contribution in [0, 0.1) is 23.2 Å². The zero-order valence-corrected chi connectivity index (χ0v) is 13.5. The van der Waals surface area contributed by atoms with Gasteiger partial charge in [0.2, 0.25) is 0 Å². The Morgan fingerprint density at radius 1 is 1.24 bits per heavy atom. The third kappa shape index (κ3) is 4.88. The van der Waals surface area contributed by atoms with Crippen LogP contribution in [0.4, 0.5) is 0 Å². The average molecular weight is 285 g/mol. The molecular formula is C19H27NO. The molecular weight excluding hydrogens is 258 g/mol. The third-order valence-electron chi connectivity index (χ3n) is 4.46. The van der Waals surface area contributed by atoms with Crippen LogP contribution in [0.2, 0.25) is 0 Å². The highest BCUT2D eigenvalue weighted by molar-refractivity contribution is 5.37. The molecule has 1 fully saturated rings. The molecule has 0 radical (unpaired) electrons. The molecule has 0 atom stereocenters. The van der Waals surface area contributed by atoms with Gasteiger partial charge in [0.15, 0.2) is 0 Å². The molecule has 1 N–H and O–H groups in total. The monoisotopic (exact) mass is 285 g/mol. The van der Waals surface area contributed by atoms with Gasteiger partial charge in [-0.2, -0.15) is 0 Å². The first-order valence-electron chi connectivity index (χ1n) is 7.90. The SMILES string of the molecule is CC(C)(C)C1CCN(Cc2cccc(C#CCO)c2)CC1. The first-order chi connectivity index (χ1) is 9.99. The molecule has 1 aliphatic rings. The summed E-state index contributed by atoms with van der Waals surface area (Å²) in [6.07, 6.45) is 2.60. The van der Waals surface area contributed by atoms with E-state index in [2.05, 4.69) is 55.7 Å². The molecule has 1 saturated heterocycles. The molecule has 2 heteroatoms. The lowest BCUT2D eigenvalue weighted by Gasteiger charge is -2.38. The van der Waals surface area contributed by atoms with Gasteiger partial charge < -0.3 is 5.11 Å². The van der Waals surface area contributed by atoms with Crippen LogP contribution in [0.15, 0.2) is 24.3 Å². The number of hydrogen-bond donors (Lipinski definition) is 1. The Morgan fingerprint density at radius 3 is 2.57 bits per heavy atom. The van der Waals surface area contributed by atoms with Crippen molar-refractivity contribution in [3.8, 4) is 11.8 Å². The maximum Gasteiger partial charge on any atom is 0.104 e. The summed E-state index contributed by atoms with van der Waals surface area (Å²) in [6, 6.07) is 8.36. The lowest BCUT2D eigenvalue weighted by molar-refractivity contribution is 0.108. The summed E-state index contributed by atoms with van der Waals surface area (Å²) in [5, 5.41) is 8.77. The van der Waals surface area contributed by atoms with Gasteiger partial charge in [-0.15, -0.1) is 0 Å². The molecule has 0 aliphatic carbocycles. The molecule has 0 spiro atoms. The molecule has 2 rings (SSSR count). The average Bonchev–Trinajstić information content (AvgIpc) is 2.45. The zero-order chi connectivity index (χ0) is 15.3. The van der Waals surface area contributed by atoms with Gasteiger partial charge in [0, 0.05) is 12.1 Å². The molecule has 21 heavy (non-hydrogen) atoms. The van der Waals surface area contributed by atoms with Gasteiger partial charge in [-0.05, 0) is 55.0 Å². The Labute approximate surface area is 129 Å². The number of nitrogens with zero attached hydrogens (tertiary/aromatic N) is 1. The maximum absolute atomic E-state index is 8.77. The summed E-state index contributed by atoms with van der Waals surface area (Å²) in [6.45, 7) is 10.4. The molecule has 1 aromatic carbocycles. The highest BCUT2D eigenvalue weighted by Crippen LogP contribution is 2.34. The quantitative estimate of drug-likeness (QED) is 0.843. The van der Waals surface area contributed by atoms with E-state index in [-0.39, 0.29) is 6.61 Å². The first kappa shape index (κ1) is 16.1. The van der Waals surface area contributed by atoms with Gasteiger partial charge in [0.05, 0.1) is 0 Å². The summed E-state index contributed by atoms with van der Waals surface area (Å²) in [5.41, 5.74) is 2.74. The number of aliphatic hydroxyl groups is 1. The Hall–Kier alpha value is -1.30. The second-order valence-electron chi connectivity index (χ2n) is 7.08. The Morgan fingerprint density at radius 2 is 1.95 bits per heavy atom. The van der Waals surface area contributed by atoms with Crippen molar-refractivity contribution >= 4 is 0 Å². The molecule has 1 aromatic rings. The highest BCUT2D eigenvalue weighted by Gasteiger charge is 2.28. The molecule has 0 amide bonds. The van der Waals surface area contributed by atoms with Gasteiger partial charge in [0.25, 0.3) is 0 Å². The highest BCUT2D eigenvalue weighted by atomic mass is 16.2. The van der Waals surface area contributed by atoms with Crippen LogP contribution in [0.1, 0.15) is 44.7 Å². The van der Waals surface area contributed by atoms with E-state index in [1.807, 2.05) is 6.07 Å². The lowest BCUT2D eigenvalue weighted by atomic mass is 9.75. The van der Waals surface area contributed by atoms with Crippen molar-refractivity contribution in [2.45, 2.75) is 40.2 Å². The standard InChI is InChI=1S/C19H27NO/c1-19(2,3)18-9-11-20(12-10-18)15-17-7-4-6-16(14-17)8-5-13-21/h4,6-7,14,18,21H,9-13,15H2,1-3H3. The van der Waals surface area contributed by atoms with Crippen molar-refractivity contribution in [1.82, 2.24) is 4.90 Å². The second-order valence-corrected chi connectivity index (χ2v) is 7.08. The summed E-state index contributed by atoms with van der Waals surface area (Å²) >= 11 is 0. The fourth-order valence-electron chi connectivity index (χ4n) is 3.10. The van der Waals surface area contributed by atoms with Crippen molar-refractivity contribution in [3.05, 3.63) is 35.4 Å². The number of benzene rings is 1. The molecule has 1 heterocycles. The Balaban J connectivity index is 1.92. The molecule has 0 bridgehead atoms. The van der Waals surface area contributed by atoms with Crippen LogP contribution in [0.3, 0.4) is 0 Å². The Bertz CT molecular complexity index is 510. The van der Waals surface area contributed by atoms with E-state index in [0.717, 1.165) is 18.0 Å². The third-order valence-corrected chi connectivity index (χ3v) is 4.46. The van der Waals surface area contributed by atoms with E-state index >= 15 is 0 Å². The number of likely N-dealkylation sites (tertiary alicyclic amines) is 1. The molecule has 1 aliphatic heterocycles. The van der Waals surface area contributed by atoms with E-state index in [1.165, 1.54) is 31.5 Å². The molecule has 114 valence electrons. The lowest BCUT2D eigenvalue weighted by Crippen LogP contribution is -2.37. The number of aliphatic hydroxyl groups excluding tert-OH is 1. The smallest absolute Gasteiger partial charge is 0.104 e. The van der Waals surface area contributed by atoms with Gasteiger partial charge in [-0.1, -0.05) is 44.7 Å². The summed E-state index contributed by atoms with van der Waals surface area (Å²) < 4.78 is 0. The maximum atomic E-state index is 8.77. The van der Waals surface area contributed by atoms with Gasteiger partial charge in [0.1, 0.15) is 6.61 Å². The topological polar surface area (TPSA) is 23.5 Å². The van der Waals surface area contributed by atoms with Crippen LogP contribution in [-0.4, -0.2) is 29.7 Å². The molecule has 2 nitrogen and oxygen atoms in total. The minimum Gasteiger partial charge on any atom is -0.384 e. The van der Waals surface area contributed by atoms with Crippen LogP contribution in [0.25, 0.3) is 0 Å². The van der Waals surface area contributed by atoms with E-state index < -0.39 is 0 Å². The predicted molar refractivity (Wildman–Crippen MR) is 87.9 cm³/mol. The van der Waals surface area contributed by atoms with Crippen LogP contribution >= 0.6 is 0 Å². The zero-order valence-electron chi connectivity index (χ0n) is 13.5. The fourth-order valence-corrected chi connectivity index (χ4v) is 3.10. The van der Waals surface area contributed by atoms with E-state index in [1.54, 1.807) is 0 Å². The van der Waals surface area contributed by atoms with E-state index in [9.17, 15) is 0 Å². The molecule has 0 aromatic heterocycles. The van der Waals surface area contributed by atoms with Crippen LogP contribution in [-0.2, 0) is 6.54 Å².